The summed E-state index contributed by atoms with van der Waals surface area (Å²) in [5.74, 6) is -2.58. The van der Waals surface area contributed by atoms with Crippen molar-refractivity contribution in [2.24, 2.45) is 5.92 Å². The molecule has 0 saturated carbocycles. The highest BCUT2D eigenvalue weighted by molar-refractivity contribution is 6.05. The number of amides is 2. The maximum Gasteiger partial charge on any atom is 0.268 e. The van der Waals surface area contributed by atoms with Crippen LogP contribution in [0.25, 0.3) is 10.9 Å². The highest BCUT2D eigenvalue weighted by Crippen LogP contribution is 2.30. The molecule has 10 heteroatoms. The summed E-state index contributed by atoms with van der Waals surface area (Å²) < 4.78 is 0. The zero-order valence-electron chi connectivity index (χ0n) is 21.7. The monoisotopic (exact) mass is 527 g/mol. The average molecular weight is 528 g/mol. The standard InChI is InChI=1S/C29H29N5O5/c1-15(2)25(26(36)24-16(3)27(37)34-29(24)39)33-23(35)13-21(18-7-5-4-6-8-18)32-28(38)22-12-19-10-9-17(14-30)11-20(19)31-22/h4-12,15,21,25,31,34,37,39H,13H2,1-3H3,(H,32,38)(H,33,35)/t21-,25-/m0/s1. The van der Waals surface area contributed by atoms with Crippen molar-refractivity contribution in [2.45, 2.75) is 39.3 Å². The van der Waals surface area contributed by atoms with Crippen molar-refractivity contribution in [3.63, 3.8) is 0 Å². The summed E-state index contributed by atoms with van der Waals surface area (Å²) in [6, 6.07) is 16.1. The molecule has 39 heavy (non-hydrogen) atoms. The van der Waals surface area contributed by atoms with E-state index in [2.05, 4.69) is 26.7 Å². The van der Waals surface area contributed by atoms with E-state index in [9.17, 15) is 24.6 Å². The second-order valence-electron chi connectivity index (χ2n) is 9.71. The highest BCUT2D eigenvalue weighted by atomic mass is 16.3. The number of fused-ring (bicyclic) bond motifs is 1. The van der Waals surface area contributed by atoms with Gasteiger partial charge in [0.25, 0.3) is 5.91 Å². The average Bonchev–Trinajstić information content (AvgIpc) is 3.45. The molecule has 6 N–H and O–H groups in total. The van der Waals surface area contributed by atoms with Crippen molar-refractivity contribution in [1.29, 1.82) is 5.26 Å². The van der Waals surface area contributed by atoms with E-state index < -0.39 is 35.6 Å². The number of nitrogens with one attached hydrogen (secondary N) is 4. The number of aromatic nitrogens is 2. The lowest BCUT2D eigenvalue weighted by Gasteiger charge is -2.24. The summed E-state index contributed by atoms with van der Waals surface area (Å²) in [7, 11) is 0. The summed E-state index contributed by atoms with van der Waals surface area (Å²) in [4.78, 5) is 45.0. The van der Waals surface area contributed by atoms with Crippen molar-refractivity contribution in [2.75, 3.05) is 0 Å². The summed E-state index contributed by atoms with van der Waals surface area (Å²) in [6.07, 6.45) is -0.158. The van der Waals surface area contributed by atoms with Gasteiger partial charge in [-0.3, -0.25) is 19.4 Å². The van der Waals surface area contributed by atoms with Gasteiger partial charge in [0.2, 0.25) is 11.8 Å². The Balaban J connectivity index is 1.54. The predicted octanol–water partition coefficient (Wildman–Crippen LogP) is 3.97. The van der Waals surface area contributed by atoms with Gasteiger partial charge in [0.1, 0.15) is 5.69 Å². The number of aromatic hydroxyl groups is 2. The molecule has 2 heterocycles. The minimum absolute atomic E-state index is 0.0854. The number of carbonyl (C=O) groups is 3. The number of carbonyl (C=O) groups excluding carboxylic acids is 3. The number of hydrogen-bond donors (Lipinski definition) is 6. The molecule has 2 aromatic heterocycles. The Kier molecular flexibility index (Phi) is 7.72. The Bertz CT molecular complexity index is 1580. The van der Waals surface area contributed by atoms with Crippen LogP contribution in [0.2, 0.25) is 0 Å². The summed E-state index contributed by atoms with van der Waals surface area (Å²) >= 11 is 0. The third kappa shape index (κ3) is 5.78. The Morgan fingerprint density at radius 3 is 2.31 bits per heavy atom. The molecule has 2 atom stereocenters. The van der Waals surface area contributed by atoms with Crippen molar-refractivity contribution < 1.29 is 24.6 Å². The minimum Gasteiger partial charge on any atom is -0.494 e. The number of nitrogens with zero attached hydrogens (tertiary/aromatic N) is 1. The van der Waals surface area contributed by atoms with E-state index in [1.54, 1.807) is 62.4 Å². The molecular weight excluding hydrogens is 498 g/mol. The van der Waals surface area contributed by atoms with Crippen molar-refractivity contribution in [1.82, 2.24) is 20.6 Å². The van der Waals surface area contributed by atoms with E-state index in [1.165, 1.54) is 6.92 Å². The fraction of sp³-hybridized carbons (Fsp3) is 0.241. The van der Waals surface area contributed by atoms with E-state index in [1.807, 2.05) is 6.07 Å². The Morgan fingerprint density at radius 1 is 0.974 bits per heavy atom. The Hall–Kier alpha value is -5.04. The van der Waals surface area contributed by atoms with Crippen molar-refractivity contribution >= 4 is 28.5 Å². The largest absolute Gasteiger partial charge is 0.494 e. The molecule has 0 aliphatic heterocycles. The first-order valence-electron chi connectivity index (χ1n) is 12.4. The molecular formula is C29H29N5O5. The Labute approximate surface area is 224 Å². The molecule has 4 aromatic rings. The van der Waals surface area contributed by atoms with Crippen LogP contribution < -0.4 is 10.6 Å². The van der Waals surface area contributed by atoms with Gasteiger partial charge in [-0.05, 0) is 36.6 Å². The van der Waals surface area contributed by atoms with Crippen LogP contribution in [0.15, 0.2) is 54.6 Å². The molecule has 0 aliphatic carbocycles. The molecule has 2 amide bonds. The SMILES string of the molecule is Cc1c(O)[nH]c(O)c1C(=O)[C@@H](NC(=O)C[C@H](NC(=O)c1cc2ccc(C#N)cc2[nH]1)c1ccccc1)C(C)C. The number of hydrogen-bond acceptors (Lipinski definition) is 6. The van der Waals surface area contributed by atoms with E-state index >= 15 is 0 Å². The van der Waals surface area contributed by atoms with Crippen LogP contribution in [0.3, 0.4) is 0 Å². The second-order valence-corrected chi connectivity index (χ2v) is 9.71. The number of Topliss-reactive ketones (excluding diaryl/α,β-unsaturated/α-hetero) is 1. The highest BCUT2D eigenvalue weighted by Gasteiger charge is 2.31. The van der Waals surface area contributed by atoms with Gasteiger partial charge in [-0.2, -0.15) is 5.26 Å². The summed E-state index contributed by atoms with van der Waals surface area (Å²) in [5.41, 5.74) is 2.17. The van der Waals surface area contributed by atoms with E-state index in [0.717, 1.165) is 5.39 Å². The van der Waals surface area contributed by atoms with Crippen LogP contribution in [0, 0.1) is 24.2 Å². The molecule has 0 unspecified atom stereocenters. The first-order chi connectivity index (χ1) is 18.6. The molecule has 0 radical (unpaired) electrons. The van der Waals surface area contributed by atoms with Gasteiger partial charge >= 0.3 is 0 Å². The zero-order valence-corrected chi connectivity index (χ0v) is 21.7. The molecule has 0 fully saturated rings. The number of benzene rings is 2. The lowest BCUT2D eigenvalue weighted by atomic mass is 9.93. The topological polar surface area (TPSA) is 171 Å². The fourth-order valence-electron chi connectivity index (χ4n) is 4.47. The van der Waals surface area contributed by atoms with Crippen LogP contribution in [0.5, 0.6) is 11.8 Å². The smallest absolute Gasteiger partial charge is 0.268 e. The predicted molar refractivity (Wildman–Crippen MR) is 144 cm³/mol. The Morgan fingerprint density at radius 2 is 1.69 bits per heavy atom. The molecule has 0 spiro atoms. The summed E-state index contributed by atoms with van der Waals surface area (Å²) in [5, 5.41) is 35.5. The molecule has 4 rings (SSSR count). The van der Waals surface area contributed by atoms with Crippen LogP contribution in [0.4, 0.5) is 0 Å². The molecule has 200 valence electrons. The lowest BCUT2D eigenvalue weighted by Crippen LogP contribution is -2.45. The number of H-pyrrole nitrogens is 2. The number of ketones is 1. The molecule has 2 aromatic carbocycles. The number of rotatable bonds is 9. The van der Waals surface area contributed by atoms with Crippen LogP contribution in [-0.2, 0) is 4.79 Å². The van der Waals surface area contributed by atoms with Crippen molar-refractivity contribution in [3.8, 4) is 17.8 Å². The maximum atomic E-state index is 13.2. The van der Waals surface area contributed by atoms with Gasteiger partial charge in [0.15, 0.2) is 11.7 Å². The van der Waals surface area contributed by atoms with Crippen LogP contribution >= 0.6 is 0 Å². The number of aromatic amines is 2. The maximum absolute atomic E-state index is 13.2. The van der Waals surface area contributed by atoms with E-state index in [-0.39, 0.29) is 35.0 Å². The molecule has 10 nitrogen and oxygen atoms in total. The molecule has 0 bridgehead atoms. The number of nitriles is 1. The third-order valence-corrected chi connectivity index (χ3v) is 6.61. The second kappa shape index (κ2) is 11.1. The zero-order chi connectivity index (χ0) is 28.3. The van der Waals surface area contributed by atoms with Gasteiger partial charge in [-0.1, -0.05) is 50.2 Å². The van der Waals surface area contributed by atoms with Gasteiger partial charge in [-0.15, -0.1) is 0 Å². The molecule has 0 aliphatic rings. The first kappa shape index (κ1) is 27.0. The van der Waals surface area contributed by atoms with Crippen LogP contribution in [-0.4, -0.2) is 43.8 Å². The third-order valence-electron chi connectivity index (χ3n) is 6.61. The lowest BCUT2D eigenvalue weighted by molar-refractivity contribution is -0.122. The quantitative estimate of drug-likeness (QED) is 0.180. The van der Waals surface area contributed by atoms with Gasteiger partial charge in [0.05, 0.1) is 35.7 Å². The van der Waals surface area contributed by atoms with Gasteiger partial charge in [-0.25, -0.2) is 0 Å². The normalized spacial score (nSPS) is 12.6. The van der Waals surface area contributed by atoms with Gasteiger partial charge in [0, 0.05) is 16.5 Å². The molecule has 0 saturated heterocycles. The summed E-state index contributed by atoms with van der Waals surface area (Å²) in [6.45, 7) is 5.00. The van der Waals surface area contributed by atoms with Gasteiger partial charge < -0.3 is 25.8 Å². The first-order valence-corrected chi connectivity index (χ1v) is 12.4. The van der Waals surface area contributed by atoms with Crippen molar-refractivity contribution in [3.05, 3.63) is 82.5 Å². The van der Waals surface area contributed by atoms with E-state index in [0.29, 0.717) is 16.6 Å². The van der Waals surface area contributed by atoms with Crippen LogP contribution in [0.1, 0.15) is 63.8 Å². The minimum atomic E-state index is -0.979. The van der Waals surface area contributed by atoms with E-state index in [4.69, 9.17) is 5.26 Å². The fourth-order valence-corrected chi connectivity index (χ4v) is 4.47.